The van der Waals surface area contributed by atoms with Crippen LogP contribution < -0.4 is 0 Å². The summed E-state index contributed by atoms with van der Waals surface area (Å²) in [5, 5.41) is 2.04. The summed E-state index contributed by atoms with van der Waals surface area (Å²) in [4.78, 5) is 13.2. The summed E-state index contributed by atoms with van der Waals surface area (Å²) in [6.45, 7) is 0. The molecule has 153 valence electrons. The van der Waals surface area contributed by atoms with Gasteiger partial charge in [0.15, 0.2) is 0 Å². The van der Waals surface area contributed by atoms with E-state index < -0.39 is 0 Å². The summed E-state index contributed by atoms with van der Waals surface area (Å²) in [7, 11) is 0. The molecule has 6 heteroatoms. The van der Waals surface area contributed by atoms with Gasteiger partial charge in [-0.3, -0.25) is 0 Å². The van der Waals surface area contributed by atoms with Crippen molar-refractivity contribution in [1.29, 1.82) is 0 Å². The van der Waals surface area contributed by atoms with Crippen LogP contribution in [0.1, 0.15) is 0 Å². The average Bonchev–Trinajstić information content (AvgIpc) is 3.43. The van der Waals surface area contributed by atoms with E-state index >= 15 is 0 Å². The minimum atomic E-state index is 0. The molecule has 0 saturated heterocycles. The van der Waals surface area contributed by atoms with E-state index in [0.29, 0.717) is 0 Å². The molecular weight excluding hydrogens is 581 g/mol. The molecule has 31 heavy (non-hydrogen) atoms. The van der Waals surface area contributed by atoms with Gasteiger partial charge in [-0.05, 0) is 23.5 Å². The third-order valence-electron chi connectivity index (χ3n) is 4.54. The van der Waals surface area contributed by atoms with Crippen molar-refractivity contribution in [2.75, 3.05) is 0 Å². The Labute approximate surface area is 197 Å². The summed E-state index contributed by atoms with van der Waals surface area (Å²) in [5.74, 6) is 0. The van der Waals surface area contributed by atoms with Gasteiger partial charge in [0, 0.05) is 37.9 Å². The molecule has 6 aromatic rings. The van der Waals surface area contributed by atoms with Gasteiger partial charge >= 0.3 is 0 Å². The first kappa shape index (κ1) is 21.1. The van der Waals surface area contributed by atoms with Gasteiger partial charge in [-0.1, -0.05) is 29.7 Å². The molecule has 6 rings (SSSR count). The standard InChI is InChI=1S/C14H8N3S.C11H8N.Ir/c1-2-4-10(5-3-1)11-8-13-12(9-15-11)16-14-6-7-18-17(13)14;1-2-6-10(7-3-1)11-8-4-5-9-12-11;/h1-4,6-9H;1-6,8-9H;/q2*-1;. The van der Waals surface area contributed by atoms with E-state index in [2.05, 4.69) is 36.9 Å². The molecule has 0 bridgehead atoms. The van der Waals surface area contributed by atoms with Crippen molar-refractivity contribution in [3.8, 4) is 22.5 Å². The molecule has 0 unspecified atom stereocenters. The average molecular weight is 597 g/mol. The van der Waals surface area contributed by atoms with Gasteiger partial charge in [0.1, 0.15) is 11.2 Å². The Morgan fingerprint density at radius 2 is 1.52 bits per heavy atom. The summed E-state index contributed by atoms with van der Waals surface area (Å²) >= 11 is 1.64. The Hall–Kier alpha value is -3.18. The van der Waals surface area contributed by atoms with E-state index in [1.54, 1.807) is 17.7 Å². The van der Waals surface area contributed by atoms with E-state index in [0.717, 1.165) is 39.2 Å². The number of benzene rings is 2. The molecule has 4 aromatic heterocycles. The van der Waals surface area contributed by atoms with Crippen molar-refractivity contribution in [3.05, 3.63) is 109 Å². The van der Waals surface area contributed by atoms with Crippen molar-refractivity contribution in [2.45, 2.75) is 0 Å². The van der Waals surface area contributed by atoms with Crippen molar-refractivity contribution in [1.82, 2.24) is 18.7 Å². The van der Waals surface area contributed by atoms with Gasteiger partial charge in [0.25, 0.3) is 0 Å². The topological polar surface area (TPSA) is 43.1 Å². The molecule has 0 aliphatic heterocycles. The molecule has 0 spiro atoms. The van der Waals surface area contributed by atoms with Crippen LogP contribution in [0, 0.1) is 12.1 Å². The number of aromatic nitrogens is 4. The van der Waals surface area contributed by atoms with Gasteiger partial charge in [-0.15, -0.1) is 71.8 Å². The second-order valence-corrected chi connectivity index (χ2v) is 7.35. The number of hydrogen-bond acceptors (Lipinski definition) is 4. The Bertz CT molecular complexity index is 1340. The Morgan fingerprint density at radius 1 is 0.774 bits per heavy atom. The smallest absolute Gasteiger partial charge is 0.148 e. The number of hydrogen-bond donors (Lipinski definition) is 0. The number of rotatable bonds is 2. The fraction of sp³-hybridized carbons (Fsp3) is 0. The minimum absolute atomic E-state index is 0. The Balaban J connectivity index is 0.000000156. The fourth-order valence-corrected chi connectivity index (χ4v) is 3.89. The third kappa shape index (κ3) is 4.62. The maximum atomic E-state index is 4.51. The van der Waals surface area contributed by atoms with Crippen molar-refractivity contribution >= 4 is 28.2 Å². The predicted octanol–water partition coefficient (Wildman–Crippen LogP) is 5.96. The van der Waals surface area contributed by atoms with Gasteiger partial charge in [0.2, 0.25) is 0 Å². The van der Waals surface area contributed by atoms with Crippen LogP contribution in [0.5, 0.6) is 0 Å². The summed E-state index contributed by atoms with van der Waals surface area (Å²) in [5.41, 5.74) is 6.95. The third-order valence-corrected chi connectivity index (χ3v) is 5.39. The first-order chi connectivity index (χ1) is 14.9. The van der Waals surface area contributed by atoms with Gasteiger partial charge < -0.3 is 9.97 Å². The van der Waals surface area contributed by atoms with Crippen molar-refractivity contribution in [2.24, 2.45) is 0 Å². The zero-order valence-electron chi connectivity index (χ0n) is 16.3. The predicted molar refractivity (Wildman–Crippen MR) is 121 cm³/mol. The molecule has 0 atom stereocenters. The molecule has 0 aliphatic carbocycles. The van der Waals surface area contributed by atoms with Gasteiger partial charge in [-0.2, -0.15) is 0 Å². The van der Waals surface area contributed by atoms with E-state index in [1.807, 2.05) is 84.4 Å². The molecule has 1 radical (unpaired) electrons. The van der Waals surface area contributed by atoms with Crippen molar-refractivity contribution in [3.63, 3.8) is 0 Å². The van der Waals surface area contributed by atoms with Crippen molar-refractivity contribution < 1.29 is 20.1 Å². The monoisotopic (exact) mass is 597 g/mol. The summed E-state index contributed by atoms with van der Waals surface area (Å²) < 4.78 is 2.11. The van der Waals surface area contributed by atoms with Crippen LogP contribution >= 0.6 is 11.5 Å². The van der Waals surface area contributed by atoms with Crippen LogP contribution in [-0.4, -0.2) is 18.7 Å². The summed E-state index contributed by atoms with van der Waals surface area (Å²) in [6, 6.07) is 32.0. The maximum Gasteiger partial charge on any atom is 0.148 e. The van der Waals surface area contributed by atoms with Crippen LogP contribution in [0.2, 0.25) is 0 Å². The molecule has 0 saturated carbocycles. The molecule has 0 aliphatic rings. The Morgan fingerprint density at radius 3 is 2.19 bits per heavy atom. The van der Waals surface area contributed by atoms with Crippen LogP contribution in [0.25, 0.3) is 39.2 Å². The quantitative estimate of drug-likeness (QED) is 0.232. The largest absolute Gasteiger partial charge is 0.305 e. The fourth-order valence-electron chi connectivity index (χ4n) is 3.12. The van der Waals surface area contributed by atoms with E-state index in [9.17, 15) is 0 Å². The molecule has 2 aromatic carbocycles. The van der Waals surface area contributed by atoms with Crippen LogP contribution in [-0.2, 0) is 20.1 Å². The zero-order valence-corrected chi connectivity index (χ0v) is 19.5. The normalized spacial score (nSPS) is 10.3. The van der Waals surface area contributed by atoms with E-state index in [-0.39, 0.29) is 20.1 Å². The number of fused-ring (bicyclic) bond motifs is 3. The van der Waals surface area contributed by atoms with Crippen LogP contribution in [0.15, 0.2) is 96.6 Å². The molecular formula is C25H16IrN4S-2. The zero-order chi connectivity index (χ0) is 20.2. The van der Waals surface area contributed by atoms with Crippen LogP contribution in [0.3, 0.4) is 0 Å². The molecule has 0 amide bonds. The number of nitrogens with zero attached hydrogens (tertiary/aromatic N) is 4. The first-order valence-electron chi connectivity index (χ1n) is 9.46. The number of pyridine rings is 2. The van der Waals surface area contributed by atoms with Gasteiger partial charge in [0.05, 0.1) is 5.52 Å². The molecule has 4 nitrogen and oxygen atoms in total. The number of imidazole rings is 1. The molecule has 0 fully saturated rings. The second-order valence-electron chi connectivity index (χ2n) is 6.50. The molecule has 0 N–H and O–H groups in total. The van der Waals surface area contributed by atoms with E-state index in [4.69, 9.17) is 0 Å². The molecule has 4 heterocycles. The van der Waals surface area contributed by atoms with E-state index in [1.165, 1.54) is 0 Å². The van der Waals surface area contributed by atoms with Gasteiger partial charge in [-0.25, -0.2) is 8.77 Å². The Kier molecular flexibility index (Phi) is 6.63. The first-order valence-corrected chi connectivity index (χ1v) is 10.3. The van der Waals surface area contributed by atoms with Crippen LogP contribution in [0.4, 0.5) is 0 Å². The SMILES string of the molecule is [Ir].[c-]1ccccc1-c1cc2c(cn1)nc1ccsn12.[c-]1ccccc1-c1ccccn1. The summed E-state index contributed by atoms with van der Waals surface area (Å²) in [6.07, 6.45) is 3.61. The minimum Gasteiger partial charge on any atom is -0.305 e. The second kappa shape index (κ2) is 9.75. The maximum absolute atomic E-state index is 4.51.